The fraction of sp³-hybridized carbons (Fsp3) is 0.444. The summed E-state index contributed by atoms with van der Waals surface area (Å²) < 4.78 is 10.8. The van der Waals surface area contributed by atoms with Crippen LogP contribution in [0.2, 0.25) is 0 Å². The van der Waals surface area contributed by atoms with E-state index in [0.717, 1.165) is 37.6 Å². The van der Waals surface area contributed by atoms with Crippen LogP contribution >= 0.6 is 17.0 Å². The summed E-state index contributed by atoms with van der Waals surface area (Å²) in [5.74, 6) is 1.99. The zero-order chi connectivity index (χ0) is 17.2. The van der Waals surface area contributed by atoms with Crippen LogP contribution in [0.5, 0.6) is 11.5 Å². The van der Waals surface area contributed by atoms with Crippen molar-refractivity contribution in [1.29, 1.82) is 0 Å². The Hall–Kier alpha value is -0.237. The molecule has 0 saturated heterocycles. The molecule has 0 amide bonds. The van der Waals surface area contributed by atoms with Crippen molar-refractivity contribution >= 4 is 17.0 Å². The van der Waals surface area contributed by atoms with E-state index in [1.54, 1.807) is 0 Å². The third kappa shape index (κ3) is 15.1. The summed E-state index contributed by atoms with van der Waals surface area (Å²) in [7, 11) is 9.87. The molecule has 0 fully saturated rings. The van der Waals surface area contributed by atoms with E-state index in [1.165, 1.54) is 12.8 Å². The Bertz CT molecular complexity index is 376. The standard InChI is InChI=1S/2C9H13O.2ClH.Zr/c2*1-2-3-8-10-9-6-4-5-7-9;;;/h2*4-7H,2-3,8H2,1H3;2*1H;/q2*-1;;;+4/p-2. The zero-order valence-electron chi connectivity index (χ0n) is 13.9. The summed E-state index contributed by atoms with van der Waals surface area (Å²) in [5.41, 5.74) is 0. The molecule has 0 N–H and O–H groups in total. The number of hydrogen-bond acceptors (Lipinski definition) is 2. The van der Waals surface area contributed by atoms with E-state index in [0.29, 0.717) is 0 Å². The van der Waals surface area contributed by atoms with Gasteiger partial charge in [-0.2, -0.15) is 0 Å². The van der Waals surface area contributed by atoms with Gasteiger partial charge < -0.3 is 9.47 Å². The molecular weight excluding hydrogens is 410 g/mol. The Kier molecular flexibility index (Phi) is 17.9. The molecule has 0 aliphatic heterocycles. The first-order valence-electron chi connectivity index (χ1n) is 7.93. The molecule has 2 aromatic carbocycles. The van der Waals surface area contributed by atoms with Crippen molar-refractivity contribution in [2.24, 2.45) is 0 Å². The third-order valence-electron chi connectivity index (χ3n) is 2.80. The third-order valence-corrected chi connectivity index (χ3v) is 2.80. The average molecular weight is 437 g/mol. The van der Waals surface area contributed by atoms with Crippen LogP contribution in [0.4, 0.5) is 0 Å². The second-order valence-electron chi connectivity index (χ2n) is 4.72. The first-order chi connectivity index (χ1) is 11.3. The van der Waals surface area contributed by atoms with Gasteiger partial charge in [0.2, 0.25) is 0 Å². The molecule has 0 aliphatic carbocycles. The quantitative estimate of drug-likeness (QED) is 0.345. The van der Waals surface area contributed by atoms with Crippen LogP contribution < -0.4 is 9.47 Å². The minimum absolute atomic E-state index is 0.826. The van der Waals surface area contributed by atoms with Gasteiger partial charge in [0.05, 0.1) is 13.2 Å². The number of halogens is 2. The van der Waals surface area contributed by atoms with Gasteiger partial charge in [-0.05, 0) is 12.8 Å². The predicted octanol–water partition coefficient (Wildman–Crippen LogP) is 6.55. The summed E-state index contributed by atoms with van der Waals surface area (Å²) in [5, 5.41) is 0. The maximum atomic E-state index is 5.39. The fourth-order valence-electron chi connectivity index (χ4n) is 1.57. The van der Waals surface area contributed by atoms with Gasteiger partial charge in [-0.3, -0.25) is 0 Å². The Morgan fingerprint density at radius 3 is 1.30 bits per heavy atom. The first kappa shape index (κ1) is 22.8. The molecular formula is C18H26Cl2O2Zr. The van der Waals surface area contributed by atoms with Gasteiger partial charge in [-0.1, -0.05) is 26.7 Å². The van der Waals surface area contributed by atoms with E-state index >= 15 is 0 Å². The molecule has 23 heavy (non-hydrogen) atoms. The van der Waals surface area contributed by atoms with Gasteiger partial charge in [0, 0.05) is 11.5 Å². The van der Waals surface area contributed by atoms with Crippen molar-refractivity contribution in [3.8, 4) is 11.5 Å². The molecule has 0 saturated carbocycles. The van der Waals surface area contributed by atoms with Crippen LogP contribution in [0.3, 0.4) is 0 Å². The Balaban J connectivity index is 0.000000360. The summed E-state index contributed by atoms with van der Waals surface area (Å²) in [6.45, 7) is 6.02. The molecule has 128 valence electrons. The van der Waals surface area contributed by atoms with Gasteiger partial charge >= 0.3 is 37.9 Å². The van der Waals surface area contributed by atoms with E-state index in [1.807, 2.05) is 48.5 Å². The summed E-state index contributed by atoms with van der Waals surface area (Å²) in [6.07, 6.45) is 4.68. The van der Waals surface area contributed by atoms with Crippen LogP contribution in [0, 0.1) is 0 Å². The Morgan fingerprint density at radius 2 is 1.04 bits per heavy atom. The molecule has 0 aliphatic rings. The van der Waals surface area contributed by atoms with E-state index in [4.69, 9.17) is 26.5 Å². The molecule has 0 atom stereocenters. The fourth-order valence-corrected chi connectivity index (χ4v) is 1.57. The predicted molar refractivity (Wildman–Crippen MR) is 96.6 cm³/mol. The topological polar surface area (TPSA) is 18.5 Å². The molecule has 2 nitrogen and oxygen atoms in total. The molecule has 2 rings (SSSR count). The molecule has 0 aromatic heterocycles. The van der Waals surface area contributed by atoms with Crippen molar-refractivity contribution in [3.05, 3.63) is 48.5 Å². The average Bonchev–Trinajstić information content (AvgIpc) is 3.23. The van der Waals surface area contributed by atoms with E-state index in [2.05, 4.69) is 13.8 Å². The van der Waals surface area contributed by atoms with E-state index in [9.17, 15) is 0 Å². The van der Waals surface area contributed by atoms with Gasteiger partial charge in [0.25, 0.3) is 0 Å². The minimum atomic E-state index is -0.826. The second-order valence-corrected chi connectivity index (χ2v) is 8.45. The van der Waals surface area contributed by atoms with Crippen molar-refractivity contribution in [2.75, 3.05) is 13.2 Å². The Morgan fingerprint density at radius 1 is 0.739 bits per heavy atom. The molecule has 0 bridgehead atoms. The van der Waals surface area contributed by atoms with Crippen molar-refractivity contribution < 1.29 is 30.3 Å². The van der Waals surface area contributed by atoms with Crippen LogP contribution in [0.25, 0.3) is 0 Å². The van der Waals surface area contributed by atoms with Gasteiger partial charge in [0.1, 0.15) is 0 Å². The molecule has 0 radical (unpaired) electrons. The monoisotopic (exact) mass is 434 g/mol. The molecule has 2 aromatic rings. The summed E-state index contributed by atoms with van der Waals surface area (Å²) in [6, 6.07) is 15.9. The Labute approximate surface area is 159 Å². The SMILES string of the molecule is CCCCO[c-]1cccc1.CCCCO[c-]1cccc1.[Cl][Zr+2][Cl]. The van der Waals surface area contributed by atoms with E-state index in [-0.39, 0.29) is 0 Å². The van der Waals surface area contributed by atoms with Crippen LogP contribution in [-0.2, 0) is 20.8 Å². The van der Waals surface area contributed by atoms with Crippen molar-refractivity contribution in [3.63, 3.8) is 0 Å². The molecule has 0 unspecified atom stereocenters. The first-order valence-corrected chi connectivity index (χ1v) is 14.3. The summed E-state index contributed by atoms with van der Waals surface area (Å²) >= 11 is -0.826. The number of unbranched alkanes of at least 4 members (excludes halogenated alkanes) is 2. The molecule has 0 spiro atoms. The second kappa shape index (κ2) is 18.1. The van der Waals surface area contributed by atoms with Crippen molar-refractivity contribution in [1.82, 2.24) is 0 Å². The number of rotatable bonds is 8. The van der Waals surface area contributed by atoms with Crippen molar-refractivity contribution in [2.45, 2.75) is 39.5 Å². The van der Waals surface area contributed by atoms with Crippen LogP contribution in [0.15, 0.2) is 48.5 Å². The molecule has 0 heterocycles. The summed E-state index contributed by atoms with van der Waals surface area (Å²) in [4.78, 5) is 0. The maximum absolute atomic E-state index is 5.39. The number of hydrogen-bond donors (Lipinski definition) is 0. The van der Waals surface area contributed by atoms with Crippen LogP contribution in [0.1, 0.15) is 39.5 Å². The van der Waals surface area contributed by atoms with Crippen LogP contribution in [-0.4, -0.2) is 13.2 Å². The normalized spacial score (nSPS) is 8.87. The zero-order valence-corrected chi connectivity index (χ0v) is 17.9. The number of ether oxygens (including phenoxy) is 2. The van der Waals surface area contributed by atoms with Gasteiger partial charge in [0.15, 0.2) is 0 Å². The van der Waals surface area contributed by atoms with E-state index < -0.39 is 20.8 Å². The van der Waals surface area contributed by atoms with Gasteiger partial charge in [-0.15, -0.1) is 24.3 Å². The van der Waals surface area contributed by atoms with Gasteiger partial charge in [-0.25, -0.2) is 24.3 Å². The molecule has 5 heteroatoms.